The van der Waals surface area contributed by atoms with Crippen molar-refractivity contribution < 1.29 is 13.9 Å². The molecule has 0 saturated carbocycles. The lowest BCUT2D eigenvalue weighted by molar-refractivity contribution is -0.120. The van der Waals surface area contributed by atoms with E-state index in [0.29, 0.717) is 12.4 Å². The Hall–Kier alpha value is -2.67. The van der Waals surface area contributed by atoms with Crippen LogP contribution in [-0.4, -0.2) is 23.0 Å². The maximum Gasteiger partial charge on any atom is 0.226 e. The smallest absolute Gasteiger partial charge is 0.226 e. The molecule has 0 aliphatic heterocycles. The number of rotatable bonds is 6. The maximum absolute atomic E-state index is 12.1. The number of nitrogens with zero attached hydrogens (tertiary/aromatic N) is 2. The molecule has 3 rings (SSSR count). The molecule has 0 aromatic carbocycles. The molecule has 7 heteroatoms. The van der Waals surface area contributed by atoms with Gasteiger partial charge in [-0.15, -0.1) is 11.3 Å². The van der Waals surface area contributed by atoms with E-state index < -0.39 is 0 Å². The predicted molar refractivity (Wildman–Crippen MR) is 90.9 cm³/mol. The zero-order valence-corrected chi connectivity index (χ0v) is 14.2. The molecule has 1 amide bonds. The third-order valence-electron chi connectivity index (χ3n) is 3.34. The molecule has 0 fully saturated rings. The molecule has 0 spiro atoms. The van der Waals surface area contributed by atoms with Crippen molar-refractivity contribution >= 4 is 17.2 Å². The number of furan rings is 1. The number of nitrogens with one attached hydrogen (secondary N) is 1. The van der Waals surface area contributed by atoms with Crippen LogP contribution in [0.1, 0.15) is 17.0 Å². The van der Waals surface area contributed by atoms with Crippen molar-refractivity contribution in [3.63, 3.8) is 0 Å². The summed E-state index contributed by atoms with van der Waals surface area (Å²) >= 11 is 1.47. The van der Waals surface area contributed by atoms with E-state index in [-0.39, 0.29) is 12.3 Å². The normalized spacial score (nSPS) is 10.6. The van der Waals surface area contributed by atoms with E-state index in [1.807, 2.05) is 30.5 Å². The Morgan fingerprint density at radius 3 is 3.00 bits per heavy atom. The van der Waals surface area contributed by atoms with Gasteiger partial charge >= 0.3 is 0 Å². The predicted octanol–water partition coefficient (Wildman–Crippen LogP) is 2.97. The van der Waals surface area contributed by atoms with Crippen LogP contribution in [0.25, 0.3) is 10.8 Å². The minimum absolute atomic E-state index is 0.0849. The summed E-state index contributed by atoms with van der Waals surface area (Å²) in [6.45, 7) is 2.31. The summed E-state index contributed by atoms with van der Waals surface area (Å²) in [5.74, 6) is 2.01. The van der Waals surface area contributed by atoms with E-state index in [4.69, 9.17) is 9.15 Å². The SMILES string of the molecule is COc1cc(CNC(=O)Cc2csc(-c3ccc(C)o3)n2)ccn1. The van der Waals surface area contributed by atoms with Gasteiger partial charge in [0.2, 0.25) is 11.8 Å². The molecular weight excluding hydrogens is 326 g/mol. The summed E-state index contributed by atoms with van der Waals surface area (Å²) < 4.78 is 10.6. The molecule has 0 unspecified atom stereocenters. The fourth-order valence-corrected chi connectivity index (χ4v) is 2.93. The van der Waals surface area contributed by atoms with Crippen molar-refractivity contribution in [2.45, 2.75) is 19.9 Å². The minimum Gasteiger partial charge on any atom is -0.481 e. The second kappa shape index (κ2) is 7.27. The number of aromatic nitrogens is 2. The van der Waals surface area contributed by atoms with Crippen molar-refractivity contribution in [2.24, 2.45) is 0 Å². The third kappa shape index (κ3) is 3.99. The van der Waals surface area contributed by atoms with Crippen molar-refractivity contribution in [1.82, 2.24) is 15.3 Å². The lowest BCUT2D eigenvalue weighted by Gasteiger charge is -2.05. The standard InChI is InChI=1S/C17H17N3O3S/c1-11-3-4-14(23-11)17-20-13(10-24-17)8-15(21)19-9-12-5-6-18-16(7-12)22-2/h3-7,10H,8-9H2,1-2H3,(H,19,21). The van der Waals surface area contributed by atoms with E-state index in [1.54, 1.807) is 19.4 Å². The topological polar surface area (TPSA) is 77.2 Å². The number of hydrogen-bond acceptors (Lipinski definition) is 6. The van der Waals surface area contributed by atoms with Gasteiger partial charge in [-0.25, -0.2) is 9.97 Å². The molecule has 0 bridgehead atoms. The first-order valence-electron chi connectivity index (χ1n) is 7.41. The van der Waals surface area contributed by atoms with Crippen molar-refractivity contribution in [3.05, 3.63) is 52.9 Å². The molecular formula is C17H17N3O3S. The quantitative estimate of drug-likeness (QED) is 0.744. The lowest BCUT2D eigenvalue weighted by Crippen LogP contribution is -2.24. The van der Waals surface area contributed by atoms with Crippen LogP contribution in [0.5, 0.6) is 5.88 Å². The fourth-order valence-electron chi connectivity index (χ4n) is 2.15. The van der Waals surface area contributed by atoms with Gasteiger partial charge in [-0.3, -0.25) is 4.79 Å². The average molecular weight is 343 g/mol. The van der Waals surface area contributed by atoms with Crippen LogP contribution in [0.2, 0.25) is 0 Å². The zero-order valence-electron chi connectivity index (χ0n) is 13.4. The van der Waals surface area contributed by atoms with E-state index in [1.165, 1.54) is 11.3 Å². The van der Waals surface area contributed by atoms with Gasteiger partial charge in [0.1, 0.15) is 5.76 Å². The second-order valence-corrected chi connectivity index (χ2v) is 6.07. The summed E-state index contributed by atoms with van der Waals surface area (Å²) in [6.07, 6.45) is 1.89. The summed E-state index contributed by atoms with van der Waals surface area (Å²) in [4.78, 5) is 20.6. The first kappa shape index (κ1) is 16.2. The van der Waals surface area contributed by atoms with Gasteiger partial charge in [0.15, 0.2) is 10.8 Å². The lowest BCUT2D eigenvalue weighted by atomic mass is 10.2. The van der Waals surface area contributed by atoms with Crippen molar-refractivity contribution in [3.8, 4) is 16.6 Å². The Kier molecular flexibility index (Phi) is 4.90. The molecule has 24 heavy (non-hydrogen) atoms. The van der Waals surface area contributed by atoms with E-state index in [0.717, 1.165) is 27.8 Å². The Morgan fingerprint density at radius 1 is 1.38 bits per heavy atom. The van der Waals surface area contributed by atoms with Crippen LogP contribution in [0.3, 0.4) is 0 Å². The number of carbonyl (C=O) groups is 1. The van der Waals surface area contributed by atoms with Crippen LogP contribution in [0.4, 0.5) is 0 Å². The van der Waals surface area contributed by atoms with Gasteiger partial charge < -0.3 is 14.5 Å². The number of ether oxygens (including phenoxy) is 1. The first-order chi connectivity index (χ1) is 11.6. The molecule has 0 aliphatic rings. The summed E-state index contributed by atoms with van der Waals surface area (Å²) in [6, 6.07) is 7.41. The van der Waals surface area contributed by atoms with Gasteiger partial charge in [-0.05, 0) is 30.7 Å². The molecule has 6 nitrogen and oxygen atoms in total. The first-order valence-corrected chi connectivity index (χ1v) is 8.29. The number of amides is 1. The second-order valence-electron chi connectivity index (χ2n) is 5.21. The summed E-state index contributed by atoms with van der Waals surface area (Å²) in [5.41, 5.74) is 1.66. The minimum atomic E-state index is -0.0849. The number of pyridine rings is 1. The summed E-state index contributed by atoms with van der Waals surface area (Å²) in [5, 5.41) is 5.53. The molecule has 0 atom stereocenters. The van der Waals surface area contributed by atoms with Crippen molar-refractivity contribution in [2.75, 3.05) is 7.11 Å². The van der Waals surface area contributed by atoms with E-state index in [2.05, 4.69) is 15.3 Å². The number of aryl methyl sites for hydroxylation is 1. The number of carbonyl (C=O) groups excluding carboxylic acids is 1. The molecule has 3 aromatic heterocycles. The van der Waals surface area contributed by atoms with Crippen LogP contribution in [-0.2, 0) is 17.8 Å². The van der Waals surface area contributed by atoms with E-state index in [9.17, 15) is 4.79 Å². The highest BCUT2D eigenvalue weighted by molar-refractivity contribution is 7.13. The van der Waals surface area contributed by atoms with Gasteiger partial charge in [0.05, 0.1) is 19.2 Å². The molecule has 0 radical (unpaired) electrons. The van der Waals surface area contributed by atoms with Gasteiger partial charge in [-0.2, -0.15) is 0 Å². The van der Waals surface area contributed by atoms with Gasteiger partial charge in [-0.1, -0.05) is 0 Å². The number of methoxy groups -OCH3 is 1. The molecule has 1 N–H and O–H groups in total. The fraction of sp³-hybridized carbons (Fsp3) is 0.235. The highest BCUT2D eigenvalue weighted by atomic mass is 32.1. The molecule has 3 aromatic rings. The largest absolute Gasteiger partial charge is 0.481 e. The Bertz CT molecular complexity index is 841. The van der Waals surface area contributed by atoms with Crippen LogP contribution < -0.4 is 10.1 Å². The van der Waals surface area contributed by atoms with Crippen LogP contribution >= 0.6 is 11.3 Å². The third-order valence-corrected chi connectivity index (χ3v) is 4.25. The Balaban J connectivity index is 1.56. The zero-order chi connectivity index (χ0) is 16.9. The summed E-state index contributed by atoms with van der Waals surface area (Å²) in [7, 11) is 1.56. The van der Waals surface area contributed by atoms with Crippen LogP contribution in [0.15, 0.2) is 40.3 Å². The monoisotopic (exact) mass is 343 g/mol. The Morgan fingerprint density at radius 2 is 2.25 bits per heavy atom. The highest BCUT2D eigenvalue weighted by Gasteiger charge is 2.11. The van der Waals surface area contributed by atoms with E-state index >= 15 is 0 Å². The number of hydrogen-bond donors (Lipinski definition) is 1. The van der Waals surface area contributed by atoms with Crippen molar-refractivity contribution in [1.29, 1.82) is 0 Å². The van der Waals surface area contributed by atoms with Gasteiger partial charge in [0.25, 0.3) is 0 Å². The average Bonchev–Trinajstić information content (AvgIpc) is 3.22. The maximum atomic E-state index is 12.1. The molecule has 0 saturated heterocycles. The highest BCUT2D eigenvalue weighted by Crippen LogP contribution is 2.25. The van der Waals surface area contributed by atoms with Crippen LogP contribution in [0, 0.1) is 6.92 Å². The Labute approximate surface area is 143 Å². The molecule has 3 heterocycles. The number of thiazole rings is 1. The molecule has 0 aliphatic carbocycles. The molecule has 124 valence electrons. The van der Waals surface area contributed by atoms with Gasteiger partial charge in [0, 0.05) is 24.2 Å².